The number of anilines is 1. The second kappa shape index (κ2) is 5.88. The highest BCUT2D eigenvalue weighted by Crippen LogP contribution is 2.20. The standard InChI is InChI=1S/C13H14BrN3O2/c1-2-19-13(18)10-6-16-17(8-10)7-9-3-4-11(14)12(15)5-9/h3-6,8H,2,7,15H2,1H3. The predicted molar refractivity (Wildman–Crippen MR) is 75.8 cm³/mol. The molecule has 1 heterocycles. The molecule has 2 aromatic rings. The third kappa shape index (κ3) is 3.35. The topological polar surface area (TPSA) is 70.1 Å². The van der Waals surface area contributed by atoms with Crippen LogP contribution in [0.25, 0.3) is 0 Å². The van der Waals surface area contributed by atoms with Gasteiger partial charge in [-0.05, 0) is 40.5 Å². The van der Waals surface area contributed by atoms with E-state index in [2.05, 4.69) is 21.0 Å². The van der Waals surface area contributed by atoms with Crippen LogP contribution in [0.5, 0.6) is 0 Å². The number of hydrogen-bond acceptors (Lipinski definition) is 4. The minimum absolute atomic E-state index is 0.354. The summed E-state index contributed by atoms with van der Waals surface area (Å²) >= 11 is 3.35. The molecule has 0 aliphatic rings. The van der Waals surface area contributed by atoms with E-state index < -0.39 is 0 Å². The molecule has 1 aromatic carbocycles. The second-order valence-electron chi connectivity index (χ2n) is 4.00. The van der Waals surface area contributed by atoms with E-state index in [1.807, 2.05) is 18.2 Å². The highest BCUT2D eigenvalue weighted by molar-refractivity contribution is 9.10. The van der Waals surface area contributed by atoms with Gasteiger partial charge in [0.2, 0.25) is 0 Å². The van der Waals surface area contributed by atoms with E-state index in [4.69, 9.17) is 10.5 Å². The molecule has 0 fully saturated rings. The summed E-state index contributed by atoms with van der Waals surface area (Å²) in [6, 6.07) is 5.71. The van der Waals surface area contributed by atoms with E-state index in [0.717, 1.165) is 10.0 Å². The van der Waals surface area contributed by atoms with E-state index in [1.54, 1.807) is 17.8 Å². The normalized spacial score (nSPS) is 10.4. The average Bonchev–Trinajstić information content (AvgIpc) is 2.83. The molecule has 0 radical (unpaired) electrons. The Labute approximate surface area is 119 Å². The molecule has 0 spiro atoms. The van der Waals surface area contributed by atoms with Gasteiger partial charge < -0.3 is 10.5 Å². The van der Waals surface area contributed by atoms with Crippen molar-refractivity contribution in [1.29, 1.82) is 0 Å². The van der Waals surface area contributed by atoms with E-state index in [9.17, 15) is 4.79 Å². The average molecular weight is 324 g/mol. The molecule has 0 atom stereocenters. The predicted octanol–water partition coefficient (Wildman–Crippen LogP) is 2.45. The Kier molecular flexibility index (Phi) is 4.21. The summed E-state index contributed by atoms with van der Waals surface area (Å²) in [5.41, 5.74) is 7.96. The number of carbonyl (C=O) groups excluding carboxylic acids is 1. The zero-order valence-electron chi connectivity index (χ0n) is 10.5. The number of nitrogens with two attached hydrogens (primary N) is 1. The van der Waals surface area contributed by atoms with Crippen LogP contribution in [0.3, 0.4) is 0 Å². The first-order valence-electron chi connectivity index (χ1n) is 5.83. The van der Waals surface area contributed by atoms with Gasteiger partial charge in [-0.1, -0.05) is 6.07 Å². The Morgan fingerprint density at radius 3 is 3.00 bits per heavy atom. The summed E-state index contributed by atoms with van der Waals surface area (Å²) in [5.74, 6) is -0.357. The fourth-order valence-corrected chi connectivity index (χ4v) is 1.90. The van der Waals surface area contributed by atoms with Gasteiger partial charge in [0.1, 0.15) is 0 Å². The number of hydrogen-bond donors (Lipinski definition) is 1. The van der Waals surface area contributed by atoms with Gasteiger partial charge in [-0.3, -0.25) is 4.68 Å². The fourth-order valence-electron chi connectivity index (χ4n) is 1.65. The summed E-state index contributed by atoms with van der Waals surface area (Å²) in [5, 5.41) is 4.13. The van der Waals surface area contributed by atoms with Crippen LogP contribution < -0.4 is 5.73 Å². The van der Waals surface area contributed by atoms with E-state index in [0.29, 0.717) is 24.4 Å². The van der Waals surface area contributed by atoms with Gasteiger partial charge in [0.25, 0.3) is 0 Å². The van der Waals surface area contributed by atoms with Gasteiger partial charge in [0, 0.05) is 16.4 Å². The number of rotatable bonds is 4. The highest BCUT2D eigenvalue weighted by Gasteiger charge is 2.09. The maximum Gasteiger partial charge on any atom is 0.341 e. The smallest absolute Gasteiger partial charge is 0.341 e. The van der Waals surface area contributed by atoms with Crippen molar-refractivity contribution < 1.29 is 9.53 Å². The van der Waals surface area contributed by atoms with E-state index in [1.165, 1.54) is 6.20 Å². The first kappa shape index (κ1) is 13.6. The van der Waals surface area contributed by atoms with Gasteiger partial charge in [-0.2, -0.15) is 5.10 Å². The molecular formula is C13H14BrN3O2. The molecule has 19 heavy (non-hydrogen) atoms. The lowest BCUT2D eigenvalue weighted by molar-refractivity contribution is 0.0526. The van der Waals surface area contributed by atoms with Gasteiger partial charge >= 0.3 is 5.97 Å². The van der Waals surface area contributed by atoms with Crippen LogP contribution in [0.15, 0.2) is 35.1 Å². The zero-order valence-corrected chi connectivity index (χ0v) is 12.1. The molecule has 0 bridgehead atoms. The lowest BCUT2D eigenvalue weighted by Crippen LogP contribution is -2.04. The first-order valence-corrected chi connectivity index (χ1v) is 6.63. The van der Waals surface area contributed by atoms with Crippen LogP contribution in [0.1, 0.15) is 22.8 Å². The summed E-state index contributed by atoms with van der Waals surface area (Å²) < 4.78 is 7.45. The monoisotopic (exact) mass is 323 g/mol. The SMILES string of the molecule is CCOC(=O)c1cnn(Cc2ccc(Br)c(N)c2)c1. The van der Waals surface area contributed by atoms with Crippen LogP contribution in [0, 0.1) is 0 Å². The maximum absolute atomic E-state index is 11.5. The number of halogens is 1. The van der Waals surface area contributed by atoms with Crippen molar-refractivity contribution in [2.45, 2.75) is 13.5 Å². The molecule has 2 N–H and O–H groups in total. The number of benzene rings is 1. The van der Waals surface area contributed by atoms with Crippen LogP contribution in [-0.2, 0) is 11.3 Å². The molecule has 0 unspecified atom stereocenters. The van der Waals surface area contributed by atoms with E-state index in [-0.39, 0.29) is 5.97 Å². The summed E-state index contributed by atoms with van der Waals surface area (Å²) in [4.78, 5) is 11.5. The second-order valence-corrected chi connectivity index (χ2v) is 4.86. The Morgan fingerprint density at radius 2 is 2.32 bits per heavy atom. The minimum Gasteiger partial charge on any atom is -0.462 e. The number of aromatic nitrogens is 2. The van der Waals surface area contributed by atoms with E-state index >= 15 is 0 Å². The van der Waals surface area contributed by atoms with Crippen molar-refractivity contribution >= 4 is 27.6 Å². The number of nitrogens with zero attached hydrogens (tertiary/aromatic N) is 2. The number of nitrogen functional groups attached to an aromatic ring is 1. The van der Waals surface area contributed by atoms with Crippen molar-refractivity contribution in [1.82, 2.24) is 9.78 Å². The largest absolute Gasteiger partial charge is 0.462 e. The van der Waals surface area contributed by atoms with Crippen molar-refractivity contribution in [3.05, 3.63) is 46.2 Å². The molecule has 0 aliphatic carbocycles. The molecule has 100 valence electrons. The molecule has 0 saturated carbocycles. The summed E-state index contributed by atoms with van der Waals surface area (Å²) in [6.07, 6.45) is 3.16. The third-order valence-electron chi connectivity index (χ3n) is 2.55. The Bertz CT molecular complexity index is 595. The molecular weight excluding hydrogens is 310 g/mol. The van der Waals surface area contributed by atoms with Gasteiger partial charge in [-0.25, -0.2) is 4.79 Å². The number of ether oxygens (including phenoxy) is 1. The molecule has 5 nitrogen and oxygen atoms in total. The van der Waals surface area contributed by atoms with Crippen LogP contribution in [0.4, 0.5) is 5.69 Å². The quantitative estimate of drug-likeness (QED) is 0.693. The molecule has 6 heteroatoms. The highest BCUT2D eigenvalue weighted by atomic mass is 79.9. The van der Waals surface area contributed by atoms with Gasteiger partial charge in [0.15, 0.2) is 0 Å². The number of carbonyl (C=O) groups is 1. The van der Waals surface area contributed by atoms with Crippen LogP contribution in [-0.4, -0.2) is 22.4 Å². The molecule has 1 aromatic heterocycles. The number of esters is 1. The first-order chi connectivity index (χ1) is 9.10. The van der Waals surface area contributed by atoms with Gasteiger partial charge in [-0.15, -0.1) is 0 Å². The Morgan fingerprint density at radius 1 is 1.53 bits per heavy atom. The molecule has 0 aliphatic heterocycles. The molecule has 0 saturated heterocycles. The zero-order chi connectivity index (χ0) is 13.8. The van der Waals surface area contributed by atoms with Gasteiger partial charge in [0.05, 0.1) is 24.9 Å². The van der Waals surface area contributed by atoms with Crippen molar-refractivity contribution in [3.8, 4) is 0 Å². The lowest BCUT2D eigenvalue weighted by Gasteiger charge is -2.04. The third-order valence-corrected chi connectivity index (χ3v) is 3.27. The van der Waals surface area contributed by atoms with Crippen molar-refractivity contribution in [2.24, 2.45) is 0 Å². The van der Waals surface area contributed by atoms with Crippen LogP contribution >= 0.6 is 15.9 Å². The lowest BCUT2D eigenvalue weighted by atomic mass is 10.2. The fraction of sp³-hybridized carbons (Fsp3) is 0.231. The minimum atomic E-state index is -0.357. The summed E-state index contributed by atoms with van der Waals surface area (Å²) in [7, 11) is 0. The Hall–Kier alpha value is -1.82. The van der Waals surface area contributed by atoms with Crippen molar-refractivity contribution in [2.75, 3.05) is 12.3 Å². The summed E-state index contributed by atoms with van der Waals surface area (Å²) in [6.45, 7) is 2.68. The van der Waals surface area contributed by atoms with Crippen molar-refractivity contribution in [3.63, 3.8) is 0 Å². The molecule has 0 amide bonds. The Balaban J connectivity index is 2.11. The van der Waals surface area contributed by atoms with Crippen LogP contribution in [0.2, 0.25) is 0 Å². The maximum atomic E-state index is 11.5. The molecule has 2 rings (SSSR count).